The Hall–Kier alpha value is -1.65. The fourth-order valence-corrected chi connectivity index (χ4v) is 2.26. The molecule has 0 saturated carbocycles. The molecule has 1 heterocycles. The van der Waals surface area contributed by atoms with Crippen molar-refractivity contribution in [3.05, 3.63) is 35.4 Å². The first-order valence-corrected chi connectivity index (χ1v) is 5.97. The summed E-state index contributed by atoms with van der Waals surface area (Å²) in [5.41, 5.74) is 6.85. The Morgan fingerprint density at radius 1 is 1.28 bits per heavy atom. The number of hydrogen-bond acceptors (Lipinski definition) is 3. The molecule has 1 aromatic carbocycles. The van der Waals surface area contributed by atoms with Gasteiger partial charge in [-0.2, -0.15) is 0 Å². The summed E-state index contributed by atoms with van der Waals surface area (Å²) < 4.78 is 25.0. The van der Waals surface area contributed by atoms with Gasteiger partial charge in [-0.05, 0) is 19.4 Å². The van der Waals surface area contributed by atoms with Gasteiger partial charge in [-0.1, -0.05) is 24.3 Å². The Morgan fingerprint density at radius 3 is 2.39 bits per heavy atom. The first-order chi connectivity index (χ1) is 8.50. The lowest BCUT2D eigenvalue weighted by molar-refractivity contribution is 0.151. The van der Waals surface area contributed by atoms with Gasteiger partial charge in [0.2, 0.25) is 0 Å². The lowest BCUT2D eigenvalue weighted by atomic mass is 10.0. The Kier molecular flexibility index (Phi) is 3.50. The number of halogens is 2. The summed E-state index contributed by atoms with van der Waals surface area (Å²) in [7, 11) is 0. The van der Waals surface area contributed by atoms with Gasteiger partial charge in [0, 0.05) is 11.6 Å². The molecular weight excluding hydrogens is 236 g/mol. The predicted octanol–water partition coefficient (Wildman–Crippen LogP) is 2.70. The van der Waals surface area contributed by atoms with Crippen LogP contribution < -0.4 is 5.73 Å². The lowest BCUT2D eigenvalue weighted by Crippen LogP contribution is -2.40. The third-order valence-electron chi connectivity index (χ3n) is 3.16. The molecule has 0 saturated heterocycles. The molecule has 0 fully saturated rings. The van der Waals surface area contributed by atoms with Crippen LogP contribution in [0.15, 0.2) is 29.3 Å². The summed E-state index contributed by atoms with van der Waals surface area (Å²) in [6.07, 6.45) is -2.43. The first-order valence-electron chi connectivity index (χ1n) is 5.97. The Labute approximate surface area is 105 Å². The highest BCUT2D eigenvalue weighted by Crippen LogP contribution is 2.29. The van der Waals surface area contributed by atoms with Crippen LogP contribution in [0.2, 0.25) is 0 Å². The van der Waals surface area contributed by atoms with E-state index < -0.39 is 6.43 Å². The van der Waals surface area contributed by atoms with Crippen molar-refractivity contribution in [3.8, 4) is 0 Å². The van der Waals surface area contributed by atoms with Crippen LogP contribution in [0, 0.1) is 0 Å². The molecule has 0 amide bonds. The molecule has 0 aliphatic carbocycles. The second-order valence-corrected chi connectivity index (χ2v) is 4.68. The molecule has 3 nitrogen and oxygen atoms in total. The summed E-state index contributed by atoms with van der Waals surface area (Å²) in [4.78, 5) is 6.24. The monoisotopic (exact) mass is 253 g/mol. The largest absolute Gasteiger partial charge is 0.370 e. The number of benzene rings is 1. The third-order valence-corrected chi connectivity index (χ3v) is 3.16. The summed E-state index contributed by atoms with van der Waals surface area (Å²) in [5, 5.41) is 0. The minimum Gasteiger partial charge on any atom is -0.370 e. The molecule has 0 aromatic heterocycles. The van der Waals surface area contributed by atoms with Gasteiger partial charge >= 0.3 is 0 Å². The average Bonchev–Trinajstić information content (AvgIpc) is 2.71. The van der Waals surface area contributed by atoms with Crippen molar-refractivity contribution in [2.75, 3.05) is 6.54 Å². The van der Waals surface area contributed by atoms with Crippen molar-refractivity contribution in [1.82, 2.24) is 4.90 Å². The highest BCUT2D eigenvalue weighted by Gasteiger charge is 2.29. The number of rotatable bonds is 3. The van der Waals surface area contributed by atoms with E-state index in [9.17, 15) is 8.78 Å². The number of guanidine groups is 1. The Morgan fingerprint density at radius 2 is 1.89 bits per heavy atom. The maximum absolute atomic E-state index is 12.5. The quantitative estimate of drug-likeness (QED) is 0.899. The third kappa shape index (κ3) is 2.30. The zero-order chi connectivity index (χ0) is 13.3. The van der Waals surface area contributed by atoms with Crippen LogP contribution >= 0.6 is 0 Å². The molecule has 1 aliphatic heterocycles. The van der Waals surface area contributed by atoms with E-state index in [0.29, 0.717) is 12.5 Å². The van der Waals surface area contributed by atoms with Gasteiger partial charge in [0.15, 0.2) is 5.96 Å². The first kappa shape index (κ1) is 12.8. The maximum atomic E-state index is 12.5. The molecule has 2 N–H and O–H groups in total. The summed E-state index contributed by atoms with van der Waals surface area (Å²) >= 11 is 0. The van der Waals surface area contributed by atoms with E-state index >= 15 is 0 Å². The molecule has 0 spiro atoms. The van der Waals surface area contributed by atoms with Crippen molar-refractivity contribution in [2.45, 2.75) is 32.4 Å². The molecule has 1 aromatic rings. The SMILES string of the molecule is CC(C)N1C(N)=NCC1c1ccc(C(F)F)cc1. The standard InChI is InChI=1S/C13H17F2N3/c1-8(2)18-11(7-17-13(18)16)9-3-5-10(6-4-9)12(14)15/h3-6,8,11-12H,7H2,1-2H3,(H2,16,17). The van der Waals surface area contributed by atoms with Crippen molar-refractivity contribution in [1.29, 1.82) is 0 Å². The van der Waals surface area contributed by atoms with Gasteiger partial charge in [-0.25, -0.2) is 8.78 Å². The molecule has 1 aliphatic rings. The van der Waals surface area contributed by atoms with Gasteiger partial charge in [0.25, 0.3) is 6.43 Å². The van der Waals surface area contributed by atoms with Crippen LogP contribution in [0.5, 0.6) is 0 Å². The van der Waals surface area contributed by atoms with Crippen molar-refractivity contribution < 1.29 is 8.78 Å². The van der Waals surface area contributed by atoms with Crippen LogP contribution in [0.4, 0.5) is 8.78 Å². The zero-order valence-corrected chi connectivity index (χ0v) is 10.5. The fourth-order valence-electron chi connectivity index (χ4n) is 2.26. The maximum Gasteiger partial charge on any atom is 0.263 e. The zero-order valence-electron chi connectivity index (χ0n) is 10.5. The average molecular weight is 253 g/mol. The minimum atomic E-state index is -2.43. The van der Waals surface area contributed by atoms with Crippen LogP contribution in [0.25, 0.3) is 0 Å². The Bertz CT molecular complexity index is 440. The van der Waals surface area contributed by atoms with Gasteiger partial charge < -0.3 is 10.6 Å². The van der Waals surface area contributed by atoms with E-state index in [1.165, 1.54) is 12.1 Å². The van der Waals surface area contributed by atoms with Crippen molar-refractivity contribution in [2.24, 2.45) is 10.7 Å². The van der Waals surface area contributed by atoms with Gasteiger partial charge in [0.1, 0.15) is 0 Å². The molecule has 0 bridgehead atoms. The molecule has 1 unspecified atom stereocenters. The normalized spacial score (nSPS) is 19.8. The summed E-state index contributed by atoms with van der Waals surface area (Å²) in [6.45, 7) is 4.65. The second-order valence-electron chi connectivity index (χ2n) is 4.68. The smallest absolute Gasteiger partial charge is 0.263 e. The summed E-state index contributed by atoms with van der Waals surface area (Å²) in [5.74, 6) is 0.521. The van der Waals surface area contributed by atoms with Crippen molar-refractivity contribution >= 4 is 5.96 Å². The van der Waals surface area contributed by atoms with Crippen LogP contribution in [0.3, 0.4) is 0 Å². The van der Waals surface area contributed by atoms with E-state index in [4.69, 9.17) is 5.73 Å². The highest BCUT2D eigenvalue weighted by atomic mass is 19.3. The van der Waals surface area contributed by atoms with Gasteiger partial charge in [-0.3, -0.25) is 4.99 Å². The van der Waals surface area contributed by atoms with Gasteiger partial charge in [-0.15, -0.1) is 0 Å². The van der Waals surface area contributed by atoms with E-state index in [0.717, 1.165) is 5.56 Å². The number of alkyl halides is 2. The van der Waals surface area contributed by atoms with Crippen LogP contribution in [0.1, 0.15) is 37.4 Å². The van der Waals surface area contributed by atoms with Crippen molar-refractivity contribution in [3.63, 3.8) is 0 Å². The van der Waals surface area contributed by atoms with E-state index in [1.54, 1.807) is 12.1 Å². The van der Waals surface area contributed by atoms with Gasteiger partial charge in [0.05, 0.1) is 12.6 Å². The van der Waals surface area contributed by atoms with E-state index in [-0.39, 0.29) is 17.6 Å². The molecule has 5 heteroatoms. The molecule has 0 radical (unpaired) electrons. The van der Waals surface area contributed by atoms with Crippen LogP contribution in [-0.4, -0.2) is 23.4 Å². The Balaban J connectivity index is 2.22. The number of aliphatic imine (C=N–C) groups is 1. The van der Waals surface area contributed by atoms with E-state index in [2.05, 4.69) is 4.99 Å². The molecule has 98 valence electrons. The topological polar surface area (TPSA) is 41.6 Å². The number of hydrogen-bond donors (Lipinski definition) is 1. The predicted molar refractivity (Wildman–Crippen MR) is 67.6 cm³/mol. The fraction of sp³-hybridized carbons (Fsp3) is 0.462. The number of nitrogens with zero attached hydrogens (tertiary/aromatic N) is 2. The molecule has 18 heavy (non-hydrogen) atoms. The minimum absolute atomic E-state index is 0.0433. The molecular formula is C13H17F2N3. The molecule has 1 atom stereocenters. The van der Waals surface area contributed by atoms with E-state index in [1.807, 2.05) is 18.7 Å². The lowest BCUT2D eigenvalue weighted by Gasteiger charge is -2.30. The second kappa shape index (κ2) is 4.92. The van der Waals surface area contributed by atoms with Crippen LogP contribution in [-0.2, 0) is 0 Å². The molecule has 2 rings (SSSR count). The highest BCUT2D eigenvalue weighted by molar-refractivity contribution is 5.80. The number of nitrogens with two attached hydrogens (primary N) is 1. The summed E-state index contributed by atoms with van der Waals surface area (Å²) in [6, 6.07) is 6.68.